The summed E-state index contributed by atoms with van der Waals surface area (Å²) in [7, 11) is 1.74. The molecule has 1 fully saturated rings. The van der Waals surface area contributed by atoms with Crippen molar-refractivity contribution < 1.29 is 14.0 Å². The monoisotopic (exact) mass is 400 g/mol. The fourth-order valence-corrected chi connectivity index (χ4v) is 4.25. The van der Waals surface area contributed by atoms with Crippen LogP contribution >= 0.6 is 11.8 Å². The van der Waals surface area contributed by atoms with Crippen LogP contribution in [-0.2, 0) is 9.59 Å². The second kappa shape index (κ2) is 11.4. The molecule has 154 valence electrons. The highest BCUT2D eigenvalue weighted by molar-refractivity contribution is 7.99. The van der Waals surface area contributed by atoms with Crippen molar-refractivity contribution in [3.63, 3.8) is 0 Å². The third kappa shape index (κ3) is 8.01. The fourth-order valence-electron chi connectivity index (χ4n) is 3.10. The average Bonchev–Trinajstić information content (AvgIpc) is 2.55. The lowest BCUT2D eigenvalue weighted by atomic mass is 10.0. The Morgan fingerprint density at radius 1 is 1.44 bits per heavy atom. The molecule has 6 nitrogen and oxygen atoms in total. The maximum Gasteiger partial charge on any atom is 0.242 e. The van der Waals surface area contributed by atoms with Crippen molar-refractivity contribution in [3.05, 3.63) is 11.6 Å². The molecule has 0 aromatic carbocycles. The minimum Gasteiger partial charge on any atom is -0.368 e. The van der Waals surface area contributed by atoms with Crippen LogP contribution in [0.3, 0.4) is 0 Å². The fraction of sp³-hybridized carbons (Fsp3) is 0.737. The maximum atomic E-state index is 13.0. The first kappa shape index (κ1) is 23.6. The molecular formula is C19H33FN4O2S. The summed E-state index contributed by atoms with van der Waals surface area (Å²) in [4.78, 5) is 25.1. The molecule has 1 amide bonds. The number of carbonyl (C=O) groups excluding carboxylic acids is 2. The summed E-state index contributed by atoms with van der Waals surface area (Å²) in [6.07, 6.45) is 5.12. The van der Waals surface area contributed by atoms with E-state index < -0.39 is 18.1 Å². The number of nitrogens with two attached hydrogens (primary N) is 1. The molecule has 0 radical (unpaired) electrons. The number of allylic oxidation sites excluding steroid dienone is 2. The molecule has 1 aliphatic heterocycles. The highest BCUT2D eigenvalue weighted by Gasteiger charge is 2.30. The molecule has 0 aromatic rings. The Labute approximate surface area is 166 Å². The number of likely N-dealkylation sites (tertiary alicyclic amines) is 1. The van der Waals surface area contributed by atoms with Gasteiger partial charge in [0.25, 0.3) is 0 Å². The predicted molar refractivity (Wildman–Crippen MR) is 111 cm³/mol. The van der Waals surface area contributed by atoms with Gasteiger partial charge in [-0.1, -0.05) is 13.8 Å². The standard InChI is InChI=1S/C19H33FN4O2S/c1-13(2)8-17(27-5)18(19(21)26)23(4)22-16(9-14(3)12-25)6-7-24-10-15(20)11-24/h9,12-13,15,17-18H,6-8,10-11H2,1-5H3,(H2,21,26)/b14-9-,22-16-. The van der Waals surface area contributed by atoms with E-state index in [1.165, 1.54) is 0 Å². The Hall–Kier alpha value is -1.41. The normalized spacial score (nSPS) is 18.9. The molecule has 27 heavy (non-hydrogen) atoms. The molecule has 1 heterocycles. The minimum absolute atomic E-state index is 0.0244. The van der Waals surface area contributed by atoms with Crippen LogP contribution in [0, 0.1) is 5.92 Å². The first-order valence-electron chi connectivity index (χ1n) is 9.30. The Morgan fingerprint density at radius 2 is 2.07 bits per heavy atom. The van der Waals surface area contributed by atoms with Crippen LogP contribution in [0.1, 0.15) is 33.6 Å². The molecule has 8 heteroatoms. The molecular weight excluding hydrogens is 367 g/mol. The zero-order chi connectivity index (χ0) is 20.6. The lowest BCUT2D eigenvalue weighted by Gasteiger charge is -2.34. The smallest absolute Gasteiger partial charge is 0.242 e. The van der Waals surface area contributed by atoms with Gasteiger partial charge in [-0.25, -0.2) is 4.39 Å². The molecule has 2 atom stereocenters. The number of rotatable bonds is 12. The number of aldehydes is 1. The van der Waals surface area contributed by atoms with E-state index in [2.05, 4.69) is 18.9 Å². The summed E-state index contributed by atoms with van der Waals surface area (Å²) in [6, 6.07) is -0.540. The van der Waals surface area contributed by atoms with Gasteiger partial charge >= 0.3 is 0 Å². The van der Waals surface area contributed by atoms with Gasteiger partial charge < -0.3 is 5.73 Å². The van der Waals surface area contributed by atoms with Gasteiger partial charge in [0, 0.05) is 38.4 Å². The SMILES string of the molecule is CSC(CC(C)C)C(C(N)=O)N(C)/N=C(\C=C(\C)C=O)CCN1CC(F)C1. The van der Waals surface area contributed by atoms with Gasteiger partial charge in [-0.2, -0.15) is 16.9 Å². The van der Waals surface area contributed by atoms with Gasteiger partial charge in [0.1, 0.15) is 18.5 Å². The number of primary amides is 1. The molecule has 2 unspecified atom stereocenters. The van der Waals surface area contributed by atoms with Crippen LogP contribution in [0.5, 0.6) is 0 Å². The largest absolute Gasteiger partial charge is 0.368 e. The first-order valence-corrected chi connectivity index (χ1v) is 10.6. The van der Waals surface area contributed by atoms with Gasteiger partial charge in [-0.3, -0.25) is 19.5 Å². The van der Waals surface area contributed by atoms with E-state index in [0.717, 1.165) is 12.7 Å². The Morgan fingerprint density at radius 3 is 2.52 bits per heavy atom. The molecule has 1 saturated heterocycles. The number of thioether (sulfide) groups is 1. The second-order valence-electron chi connectivity index (χ2n) is 7.53. The summed E-state index contributed by atoms with van der Waals surface area (Å²) in [5.41, 5.74) is 6.91. The first-order chi connectivity index (χ1) is 12.7. The molecule has 0 aliphatic carbocycles. The van der Waals surface area contributed by atoms with Crippen molar-refractivity contribution in [2.75, 3.05) is 32.9 Å². The summed E-state index contributed by atoms with van der Waals surface area (Å²) in [6.45, 7) is 7.46. The number of hydrogen-bond donors (Lipinski definition) is 1. The number of nitrogens with zero attached hydrogens (tertiary/aromatic N) is 3. The summed E-state index contributed by atoms with van der Waals surface area (Å²) >= 11 is 1.61. The van der Waals surface area contributed by atoms with Crippen LogP contribution < -0.4 is 5.73 Å². The highest BCUT2D eigenvalue weighted by Crippen LogP contribution is 2.23. The topological polar surface area (TPSA) is 79.0 Å². The van der Waals surface area contributed by atoms with Crippen LogP contribution in [-0.4, -0.2) is 78.2 Å². The lowest BCUT2D eigenvalue weighted by molar-refractivity contribution is -0.122. The van der Waals surface area contributed by atoms with E-state index in [1.54, 1.807) is 36.8 Å². The van der Waals surface area contributed by atoms with E-state index in [-0.39, 0.29) is 5.25 Å². The van der Waals surface area contributed by atoms with Crippen molar-refractivity contribution in [2.45, 2.75) is 51.1 Å². The highest BCUT2D eigenvalue weighted by atomic mass is 32.2. The van der Waals surface area contributed by atoms with Crippen molar-refractivity contribution >= 4 is 29.7 Å². The van der Waals surface area contributed by atoms with Crippen LogP contribution in [0.2, 0.25) is 0 Å². The molecule has 0 saturated carbocycles. The zero-order valence-corrected chi connectivity index (χ0v) is 17.8. The number of amides is 1. The van der Waals surface area contributed by atoms with Crippen LogP contribution in [0.15, 0.2) is 16.8 Å². The minimum atomic E-state index is -0.752. The number of hydrazone groups is 1. The summed E-state index contributed by atoms with van der Waals surface area (Å²) in [5, 5.41) is 6.23. The molecule has 1 aliphatic rings. The number of hydrogen-bond acceptors (Lipinski definition) is 6. The maximum absolute atomic E-state index is 13.0. The van der Waals surface area contributed by atoms with E-state index in [0.29, 0.717) is 43.3 Å². The molecule has 2 N–H and O–H groups in total. The number of carbonyl (C=O) groups is 2. The van der Waals surface area contributed by atoms with Gasteiger partial charge in [-0.05, 0) is 37.2 Å². The van der Waals surface area contributed by atoms with E-state index in [4.69, 9.17) is 5.73 Å². The quantitative estimate of drug-likeness (QED) is 0.235. The molecule has 0 aromatic heterocycles. The number of alkyl halides is 1. The van der Waals surface area contributed by atoms with Crippen molar-refractivity contribution in [1.29, 1.82) is 0 Å². The number of halogens is 1. The lowest BCUT2D eigenvalue weighted by Crippen LogP contribution is -2.49. The van der Waals surface area contributed by atoms with E-state index in [9.17, 15) is 14.0 Å². The zero-order valence-electron chi connectivity index (χ0n) is 17.0. The Bertz CT molecular complexity index is 562. The van der Waals surface area contributed by atoms with Gasteiger partial charge in [0.05, 0.1) is 5.71 Å². The van der Waals surface area contributed by atoms with E-state index in [1.807, 2.05) is 11.2 Å². The molecule has 1 rings (SSSR count). The van der Waals surface area contributed by atoms with Gasteiger partial charge in [-0.15, -0.1) is 0 Å². The summed E-state index contributed by atoms with van der Waals surface area (Å²) < 4.78 is 13.0. The molecule has 0 spiro atoms. The Balaban J connectivity index is 2.97. The predicted octanol–water partition coefficient (Wildman–Crippen LogP) is 2.09. The van der Waals surface area contributed by atoms with Crippen LogP contribution in [0.25, 0.3) is 0 Å². The van der Waals surface area contributed by atoms with Gasteiger partial charge in [0.2, 0.25) is 5.91 Å². The van der Waals surface area contributed by atoms with Gasteiger partial charge in [0.15, 0.2) is 0 Å². The Kier molecular flexibility index (Phi) is 10.0. The van der Waals surface area contributed by atoms with E-state index >= 15 is 0 Å². The molecule has 0 bridgehead atoms. The van der Waals surface area contributed by atoms with Crippen molar-refractivity contribution in [1.82, 2.24) is 9.91 Å². The van der Waals surface area contributed by atoms with Crippen molar-refractivity contribution in [2.24, 2.45) is 16.8 Å². The third-order valence-electron chi connectivity index (χ3n) is 4.52. The third-order valence-corrected chi connectivity index (χ3v) is 5.57. The average molecular weight is 401 g/mol. The number of likely N-dealkylation sites (N-methyl/N-ethyl adjacent to an activating group) is 1. The van der Waals surface area contributed by atoms with Crippen molar-refractivity contribution in [3.8, 4) is 0 Å². The van der Waals surface area contributed by atoms with Crippen LogP contribution in [0.4, 0.5) is 4.39 Å². The summed E-state index contributed by atoms with van der Waals surface area (Å²) in [5.74, 6) is 0.0121. The second-order valence-corrected chi connectivity index (χ2v) is 8.61.